The van der Waals surface area contributed by atoms with Gasteiger partial charge in [0.2, 0.25) is 5.91 Å². The number of anilines is 1. The van der Waals surface area contributed by atoms with E-state index in [0.717, 1.165) is 42.1 Å². The number of carbonyl (C=O) groups excluding carboxylic acids is 1. The van der Waals surface area contributed by atoms with E-state index in [9.17, 15) is 4.79 Å². The number of pyridine rings is 1. The summed E-state index contributed by atoms with van der Waals surface area (Å²) in [5.74, 6) is 0.906. The summed E-state index contributed by atoms with van der Waals surface area (Å²) < 4.78 is 7.43. The third kappa shape index (κ3) is 5.37. The number of nitrogens with one attached hydrogen (secondary N) is 1. The third-order valence-corrected chi connectivity index (χ3v) is 5.22. The van der Waals surface area contributed by atoms with Gasteiger partial charge in [-0.15, -0.1) is 0 Å². The maximum atomic E-state index is 11.7. The van der Waals surface area contributed by atoms with E-state index in [2.05, 4.69) is 23.8 Å². The molecule has 3 N–H and O–H groups in total. The molecule has 0 aliphatic rings. The highest BCUT2D eigenvalue weighted by Gasteiger charge is 2.21. The highest BCUT2D eigenvalue weighted by atomic mass is 16.7. The van der Waals surface area contributed by atoms with E-state index in [1.807, 2.05) is 31.2 Å². The minimum absolute atomic E-state index is 0.0485. The zero-order valence-corrected chi connectivity index (χ0v) is 19.2. The summed E-state index contributed by atoms with van der Waals surface area (Å²) in [5.41, 5.74) is 8.96. The van der Waals surface area contributed by atoms with Crippen LogP contribution in [0.2, 0.25) is 0 Å². The van der Waals surface area contributed by atoms with E-state index in [4.69, 9.17) is 20.3 Å². The number of amides is 1. The molecule has 0 saturated heterocycles. The van der Waals surface area contributed by atoms with Gasteiger partial charge in [-0.3, -0.25) is 4.79 Å². The Bertz CT molecular complexity index is 1090. The zero-order chi connectivity index (χ0) is 23.1. The number of hydrogen-bond donors (Lipinski definition) is 2. The van der Waals surface area contributed by atoms with Crippen LogP contribution in [0.15, 0.2) is 36.4 Å². The van der Waals surface area contributed by atoms with Gasteiger partial charge in [-0.25, -0.2) is 9.97 Å². The quantitative estimate of drug-likeness (QED) is 0.329. The average molecular weight is 440 g/mol. The first kappa shape index (κ1) is 23.5. The molecular formula is C24H33N5O3. The number of fused-ring (bicyclic) bond motifs is 3. The second-order valence-electron chi connectivity index (χ2n) is 7.87. The molecule has 1 unspecified atom stereocenters. The van der Waals surface area contributed by atoms with E-state index < -0.39 is 0 Å². The molecule has 0 saturated carbocycles. The van der Waals surface area contributed by atoms with E-state index in [1.54, 1.807) is 11.7 Å². The SMILES string of the molecule is C=C(C)C(=O)NCCCC(CCC)On1c(COCC)nc2c(N)nc3ccccc3c21. The Labute approximate surface area is 188 Å². The molecule has 0 radical (unpaired) electrons. The lowest BCUT2D eigenvalue weighted by atomic mass is 10.1. The molecule has 3 rings (SSSR count). The molecule has 2 aromatic heterocycles. The molecule has 1 aromatic carbocycles. The maximum Gasteiger partial charge on any atom is 0.246 e. The first-order valence-corrected chi connectivity index (χ1v) is 11.2. The Kier molecular flexibility index (Phi) is 8.05. The molecule has 0 fully saturated rings. The van der Waals surface area contributed by atoms with E-state index >= 15 is 0 Å². The van der Waals surface area contributed by atoms with Crippen LogP contribution in [0, 0.1) is 0 Å². The van der Waals surface area contributed by atoms with E-state index in [1.165, 1.54) is 0 Å². The minimum Gasteiger partial charge on any atom is -0.409 e. The number of rotatable bonds is 12. The number of aromatic nitrogens is 3. The summed E-state index contributed by atoms with van der Waals surface area (Å²) in [4.78, 5) is 27.5. The lowest BCUT2D eigenvalue weighted by Crippen LogP contribution is -2.29. The number of hydrogen-bond acceptors (Lipinski definition) is 6. The number of imidazole rings is 1. The molecule has 0 aliphatic heterocycles. The average Bonchev–Trinajstić information content (AvgIpc) is 3.14. The van der Waals surface area contributed by atoms with Gasteiger partial charge >= 0.3 is 0 Å². The van der Waals surface area contributed by atoms with Gasteiger partial charge in [-0.2, -0.15) is 4.73 Å². The number of nitrogen functional groups attached to an aromatic ring is 1. The first-order valence-electron chi connectivity index (χ1n) is 11.2. The zero-order valence-electron chi connectivity index (χ0n) is 19.2. The summed E-state index contributed by atoms with van der Waals surface area (Å²) in [6.07, 6.45) is 3.38. The largest absolute Gasteiger partial charge is 0.409 e. The predicted octanol–water partition coefficient (Wildman–Crippen LogP) is 3.77. The van der Waals surface area contributed by atoms with Crippen LogP contribution < -0.4 is 15.9 Å². The topological polar surface area (TPSA) is 104 Å². The molecule has 32 heavy (non-hydrogen) atoms. The van der Waals surface area contributed by atoms with Crippen molar-refractivity contribution in [2.24, 2.45) is 0 Å². The van der Waals surface area contributed by atoms with Gasteiger partial charge < -0.3 is 20.6 Å². The number of nitrogens with two attached hydrogens (primary N) is 1. The first-order chi connectivity index (χ1) is 15.5. The summed E-state index contributed by atoms with van der Waals surface area (Å²) >= 11 is 0. The van der Waals surface area contributed by atoms with Crippen molar-refractivity contribution in [3.63, 3.8) is 0 Å². The van der Waals surface area contributed by atoms with Crippen LogP contribution in [-0.2, 0) is 16.1 Å². The molecule has 0 bridgehead atoms. The molecule has 0 spiro atoms. The van der Waals surface area contributed by atoms with Crippen LogP contribution >= 0.6 is 0 Å². The van der Waals surface area contributed by atoms with Crippen molar-refractivity contribution in [3.05, 3.63) is 42.2 Å². The molecule has 1 atom stereocenters. The Morgan fingerprint density at radius 1 is 1.25 bits per heavy atom. The Morgan fingerprint density at radius 2 is 2.03 bits per heavy atom. The van der Waals surface area contributed by atoms with Crippen molar-refractivity contribution < 1.29 is 14.4 Å². The van der Waals surface area contributed by atoms with E-state index in [-0.39, 0.29) is 12.0 Å². The van der Waals surface area contributed by atoms with Gasteiger partial charge in [0.1, 0.15) is 23.7 Å². The van der Waals surface area contributed by atoms with Gasteiger partial charge in [0.15, 0.2) is 11.6 Å². The molecule has 0 aliphatic carbocycles. The second kappa shape index (κ2) is 10.9. The number of carbonyl (C=O) groups is 1. The molecule has 2 heterocycles. The Balaban J connectivity index is 1.91. The molecule has 3 aromatic rings. The third-order valence-electron chi connectivity index (χ3n) is 5.22. The standard InChI is InChI=1S/C24H33N5O3/c1-5-10-17(11-9-14-26-24(30)16(3)4)32-29-20(15-31-6-2)28-21-22(29)18-12-7-8-13-19(18)27-23(21)25/h7-8,12-13,17H,3,5-6,9-11,14-15H2,1-2,4H3,(H2,25,27)(H,26,30). The molecule has 172 valence electrons. The molecule has 8 nitrogen and oxygen atoms in total. The maximum absolute atomic E-state index is 11.7. The number of para-hydroxylation sites is 1. The van der Waals surface area contributed by atoms with Gasteiger partial charge in [-0.05, 0) is 39.2 Å². The Hall–Kier alpha value is -3.13. The Morgan fingerprint density at radius 3 is 2.75 bits per heavy atom. The number of benzene rings is 1. The van der Waals surface area contributed by atoms with Crippen molar-refractivity contribution in [1.82, 2.24) is 20.0 Å². The number of ether oxygens (including phenoxy) is 1. The number of nitrogens with zero attached hydrogens (tertiary/aromatic N) is 3. The van der Waals surface area contributed by atoms with Crippen molar-refractivity contribution in [3.8, 4) is 0 Å². The summed E-state index contributed by atoms with van der Waals surface area (Å²) in [5, 5.41) is 3.81. The van der Waals surface area contributed by atoms with Crippen LogP contribution in [0.1, 0.15) is 52.3 Å². The van der Waals surface area contributed by atoms with Crippen LogP contribution in [0.5, 0.6) is 0 Å². The van der Waals surface area contributed by atoms with Crippen LogP contribution in [0.3, 0.4) is 0 Å². The lowest BCUT2D eigenvalue weighted by Gasteiger charge is -2.21. The minimum atomic E-state index is -0.119. The van der Waals surface area contributed by atoms with Crippen LogP contribution in [-0.4, -0.2) is 39.9 Å². The molecular weight excluding hydrogens is 406 g/mol. The van der Waals surface area contributed by atoms with Crippen molar-refractivity contribution in [2.75, 3.05) is 18.9 Å². The lowest BCUT2D eigenvalue weighted by molar-refractivity contribution is -0.117. The fraction of sp³-hybridized carbons (Fsp3) is 0.458. The van der Waals surface area contributed by atoms with Gasteiger partial charge in [0.05, 0.1) is 5.52 Å². The van der Waals surface area contributed by atoms with Crippen molar-refractivity contribution >= 4 is 33.7 Å². The molecule has 1 amide bonds. The summed E-state index contributed by atoms with van der Waals surface area (Å²) in [6, 6.07) is 7.83. The van der Waals surface area contributed by atoms with Crippen LogP contribution in [0.25, 0.3) is 21.9 Å². The predicted molar refractivity (Wildman–Crippen MR) is 127 cm³/mol. The molecule has 8 heteroatoms. The normalized spacial score (nSPS) is 12.2. The van der Waals surface area contributed by atoms with Gasteiger partial charge in [0.25, 0.3) is 0 Å². The fourth-order valence-electron chi connectivity index (χ4n) is 3.62. The van der Waals surface area contributed by atoms with Gasteiger partial charge in [0, 0.05) is 24.1 Å². The second-order valence-corrected chi connectivity index (χ2v) is 7.87. The van der Waals surface area contributed by atoms with Gasteiger partial charge in [-0.1, -0.05) is 38.1 Å². The summed E-state index contributed by atoms with van der Waals surface area (Å²) in [7, 11) is 0. The smallest absolute Gasteiger partial charge is 0.246 e. The fourth-order valence-corrected chi connectivity index (χ4v) is 3.62. The van der Waals surface area contributed by atoms with E-state index in [0.29, 0.717) is 42.5 Å². The highest BCUT2D eigenvalue weighted by Crippen LogP contribution is 2.29. The summed E-state index contributed by atoms with van der Waals surface area (Å²) in [6.45, 7) is 10.9. The van der Waals surface area contributed by atoms with Crippen molar-refractivity contribution in [1.29, 1.82) is 0 Å². The monoisotopic (exact) mass is 439 g/mol. The van der Waals surface area contributed by atoms with Crippen molar-refractivity contribution in [2.45, 2.75) is 59.2 Å². The van der Waals surface area contributed by atoms with Crippen LogP contribution in [0.4, 0.5) is 5.82 Å². The highest BCUT2D eigenvalue weighted by molar-refractivity contribution is 6.06.